The van der Waals surface area contributed by atoms with Crippen molar-refractivity contribution in [1.82, 2.24) is 0 Å². The van der Waals surface area contributed by atoms with Crippen molar-refractivity contribution in [3.8, 4) is 0 Å². The summed E-state index contributed by atoms with van der Waals surface area (Å²) in [6.45, 7) is 2.22. The minimum atomic E-state index is -4.97. The Labute approximate surface area is 660 Å². The van der Waals surface area contributed by atoms with Crippen LogP contribution in [0.15, 0.2) is 207 Å². The zero-order valence-corrected chi connectivity index (χ0v) is 69.2. The quantitative estimate of drug-likeness (QED) is 0.0146. The van der Waals surface area contributed by atoms with Gasteiger partial charge in [-0.25, -0.2) is 9.13 Å². The number of aliphatic hydroxyl groups is 2. The molecule has 0 bridgehead atoms. The molecule has 0 aromatic rings. The van der Waals surface area contributed by atoms with Crippen LogP contribution in [0.25, 0.3) is 0 Å². The molecule has 16 nitrogen and oxygen atoms in total. The largest absolute Gasteiger partial charge is 0.472 e. The third kappa shape index (κ3) is 82.9. The van der Waals surface area contributed by atoms with E-state index in [1.54, 1.807) is 0 Å². The molecule has 18 heteroatoms. The number of allylic oxidation sites excluding steroid dienone is 34. The van der Waals surface area contributed by atoms with Crippen molar-refractivity contribution in [2.45, 2.75) is 309 Å². The molecule has 0 saturated heterocycles. The third-order valence-corrected chi connectivity index (χ3v) is 18.4. The van der Waals surface area contributed by atoms with Crippen LogP contribution in [-0.4, -0.2) is 95.9 Å². The molecule has 0 spiro atoms. The van der Waals surface area contributed by atoms with Gasteiger partial charge in [0.25, 0.3) is 0 Å². The van der Waals surface area contributed by atoms with Gasteiger partial charge >= 0.3 is 33.6 Å². The van der Waals surface area contributed by atoms with E-state index in [0.29, 0.717) is 25.7 Å². The van der Waals surface area contributed by atoms with Crippen LogP contribution in [0.5, 0.6) is 0 Å². The average molecular weight is 1560 g/mol. The van der Waals surface area contributed by atoms with E-state index in [9.17, 15) is 43.5 Å². The van der Waals surface area contributed by atoms with E-state index in [4.69, 9.17) is 32.3 Å². The number of carbonyl (C=O) groups excluding carboxylic acids is 3. The highest BCUT2D eigenvalue weighted by Gasteiger charge is 2.29. The molecule has 0 aromatic carbocycles. The van der Waals surface area contributed by atoms with E-state index in [-0.39, 0.29) is 19.3 Å². The molecule has 0 fully saturated rings. The van der Waals surface area contributed by atoms with Crippen molar-refractivity contribution >= 4 is 33.6 Å². The Balaban J connectivity index is 4.71. The van der Waals surface area contributed by atoms with Crippen molar-refractivity contribution in [3.05, 3.63) is 207 Å². The van der Waals surface area contributed by atoms with Crippen molar-refractivity contribution in [1.29, 1.82) is 0 Å². The topological polar surface area (TPSA) is 231 Å². The monoisotopic (exact) mass is 1560 g/mol. The van der Waals surface area contributed by atoms with Gasteiger partial charge in [0, 0.05) is 19.3 Å². The summed E-state index contributed by atoms with van der Waals surface area (Å²) in [5.41, 5.74) is 0. The Bertz CT molecular complexity index is 2810. The van der Waals surface area contributed by atoms with Gasteiger partial charge < -0.3 is 34.2 Å². The predicted molar refractivity (Wildman–Crippen MR) is 454 cm³/mol. The number of hydrogen-bond donors (Lipinski definition) is 4. The lowest BCUT2D eigenvalue weighted by molar-refractivity contribution is -0.161. The Kier molecular flexibility index (Phi) is 77.2. The fraction of sp³-hybridized carbons (Fsp3) is 0.593. The first-order valence-electron chi connectivity index (χ1n) is 41.4. The Morgan fingerprint density at radius 1 is 0.257 bits per heavy atom. The molecule has 616 valence electrons. The SMILES string of the molecule is CC/C=C\C/C=C\C/C=C\C/C=C\C/C=C\C/C=C\CCCCCCCCCCC(=O)OCC(O)COP(=O)(O)OCC(O)COP(=O)(O)OCC(COC(=O)CCCCCCCCCCCCC/C=C\C/C=C\C/C=C\C/C=C\C/C=C\CC)OC(=O)CC/C=C\C/C=C\C/C=C\C/C=C\C/C=C\C/C=C\CC. The first kappa shape index (κ1) is 103. The summed E-state index contributed by atoms with van der Waals surface area (Å²) in [4.78, 5) is 58.8. The number of carbonyl (C=O) groups is 3. The number of hydrogen-bond acceptors (Lipinski definition) is 14. The molecule has 5 atom stereocenters. The summed E-state index contributed by atoms with van der Waals surface area (Å²) >= 11 is 0. The molecule has 0 saturated carbocycles. The van der Waals surface area contributed by atoms with E-state index >= 15 is 0 Å². The maximum atomic E-state index is 13.0. The molecule has 0 aliphatic rings. The molecule has 0 radical (unpaired) electrons. The molecule has 0 amide bonds. The van der Waals surface area contributed by atoms with Crippen molar-refractivity contribution in [2.24, 2.45) is 0 Å². The van der Waals surface area contributed by atoms with Gasteiger partial charge in [-0.2, -0.15) is 0 Å². The van der Waals surface area contributed by atoms with Gasteiger partial charge in [0.2, 0.25) is 0 Å². The van der Waals surface area contributed by atoms with Gasteiger partial charge in [-0.05, 0) is 154 Å². The van der Waals surface area contributed by atoms with Crippen LogP contribution in [0.3, 0.4) is 0 Å². The predicted octanol–water partition coefficient (Wildman–Crippen LogP) is 24.9. The molecule has 0 heterocycles. The first-order chi connectivity index (χ1) is 53.2. The molecule has 0 aliphatic carbocycles. The number of esters is 3. The second-order valence-electron chi connectivity index (χ2n) is 26.8. The van der Waals surface area contributed by atoms with E-state index in [1.165, 1.54) is 57.8 Å². The van der Waals surface area contributed by atoms with E-state index in [2.05, 4.69) is 209 Å². The van der Waals surface area contributed by atoms with Crippen LogP contribution >= 0.6 is 15.6 Å². The third-order valence-electron chi connectivity index (χ3n) is 16.5. The summed E-state index contributed by atoms with van der Waals surface area (Å²) in [6.07, 6.45) is 109. The van der Waals surface area contributed by atoms with Gasteiger partial charge in [0.15, 0.2) is 6.10 Å². The average Bonchev–Trinajstić information content (AvgIpc) is 0.947. The molecular weight excluding hydrogens is 1410 g/mol. The molecular formula is C91H146O16P2. The number of unbranched alkanes of at least 4 members (excludes halogenated alkanes) is 19. The summed E-state index contributed by atoms with van der Waals surface area (Å²) in [5, 5.41) is 20.7. The number of aliphatic hydroxyl groups excluding tert-OH is 2. The fourth-order valence-electron chi connectivity index (χ4n) is 10.3. The van der Waals surface area contributed by atoms with Crippen LogP contribution in [0.2, 0.25) is 0 Å². The van der Waals surface area contributed by atoms with Crippen molar-refractivity contribution in [3.63, 3.8) is 0 Å². The lowest BCUT2D eigenvalue weighted by Crippen LogP contribution is -2.29. The van der Waals surface area contributed by atoms with Crippen LogP contribution in [0.4, 0.5) is 0 Å². The normalized spacial score (nSPS) is 15.0. The minimum Gasteiger partial charge on any atom is -0.463 e. The highest BCUT2D eigenvalue weighted by atomic mass is 31.2. The van der Waals surface area contributed by atoms with E-state index in [0.717, 1.165) is 167 Å². The lowest BCUT2D eigenvalue weighted by Gasteiger charge is -2.21. The number of ether oxygens (including phenoxy) is 3. The summed E-state index contributed by atoms with van der Waals surface area (Å²) in [5.74, 6) is -1.70. The standard InChI is InChI=1S/C91H146O16P2/c1-4-7-10-13-16-19-22-25-28-31-34-36-38-40-42-44-46-48-51-53-56-59-62-65-68-71-74-77-89(94)101-80-86(92)81-103-108(97,98)104-82-87(93)83-105-109(99,100)106-85-88(107-91(96)79-76-73-70-67-64-61-58-55-50-33-30-27-24-21-18-15-12-9-6-3)84-102-90(95)78-75-72-69-66-63-60-57-54-52-49-47-45-43-41-39-37-35-32-29-26-23-20-17-14-11-8-5-2/h7-12,16-21,25-30,34-37,40-43,46,48,50,55,61,64,70,73,86-88,92-93H,4-6,13-15,22-24,31-33,38-39,44-45,47,49,51-54,56-60,62-63,65-69,71-72,74-85H2,1-3H3,(H,97,98)(H,99,100)/b10-7-,11-8-,12-9-,19-16-,20-17-,21-18-,28-25-,29-26-,30-27-,36-34-,37-35-,42-40-,43-41-,48-46-,55-50-,64-61-,73-70-. The van der Waals surface area contributed by atoms with Crippen molar-refractivity contribution < 1.29 is 75.8 Å². The molecule has 0 aliphatic heterocycles. The highest BCUT2D eigenvalue weighted by Crippen LogP contribution is 2.45. The van der Waals surface area contributed by atoms with Crippen LogP contribution in [0, 0.1) is 0 Å². The maximum absolute atomic E-state index is 13.0. The molecule has 4 N–H and O–H groups in total. The van der Waals surface area contributed by atoms with Gasteiger partial charge in [0.05, 0.1) is 26.4 Å². The summed E-state index contributed by atoms with van der Waals surface area (Å²) in [6, 6.07) is 0. The van der Waals surface area contributed by atoms with E-state index < -0.39 is 91.5 Å². The second kappa shape index (κ2) is 81.6. The maximum Gasteiger partial charge on any atom is 0.472 e. The Hall–Kier alpha value is -5.87. The first-order valence-corrected chi connectivity index (χ1v) is 44.4. The smallest absolute Gasteiger partial charge is 0.463 e. The van der Waals surface area contributed by atoms with E-state index in [1.807, 2.05) is 18.2 Å². The zero-order chi connectivity index (χ0) is 79.4. The lowest BCUT2D eigenvalue weighted by atomic mass is 10.0. The van der Waals surface area contributed by atoms with Crippen LogP contribution < -0.4 is 0 Å². The molecule has 5 unspecified atom stereocenters. The van der Waals surface area contributed by atoms with Crippen LogP contribution in [0.1, 0.15) is 290 Å². The molecule has 0 rings (SSSR count). The number of phosphoric acid groups is 2. The summed E-state index contributed by atoms with van der Waals surface area (Å²) in [7, 11) is -9.84. The van der Waals surface area contributed by atoms with Gasteiger partial charge in [-0.15, -0.1) is 0 Å². The minimum absolute atomic E-state index is 0.0291. The fourth-order valence-corrected chi connectivity index (χ4v) is 11.9. The Morgan fingerprint density at radius 3 is 0.761 bits per heavy atom. The zero-order valence-electron chi connectivity index (χ0n) is 67.4. The summed E-state index contributed by atoms with van der Waals surface area (Å²) < 4.78 is 61.2. The van der Waals surface area contributed by atoms with Crippen molar-refractivity contribution in [2.75, 3.05) is 39.6 Å². The van der Waals surface area contributed by atoms with Crippen LogP contribution in [-0.2, 0) is 55.8 Å². The highest BCUT2D eigenvalue weighted by molar-refractivity contribution is 7.47. The van der Waals surface area contributed by atoms with Gasteiger partial charge in [0.1, 0.15) is 25.4 Å². The molecule has 109 heavy (non-hydrogen) atoms. The Morgan fingerprint density at radius 2 is 0.477 bits per heavy atom. The molecule has 0 aromatic heterocycles. The van der Waals surface area contributed by atoms with Gasteiger partial charge in [-0.3, -0.25) is 32.5 Å². The number of phosphoric ester groups is 2. The second-order valence-corrected chi connectivity index (χ2v) is 29.7. The van der Waals surface area contributed by atoms with Gasteiger partial charge in [-0.1, -0.05) is 324 Å². The number of rotatable bonds is 76.